The number of carbonyl (C=O) groups excluding carboxylic acids is 1. The summed E-state index contributed by atoms with van der Waals surface area (Å²) in [4.78, 5) is 19.0. The number of carbonyl (C=O) groups is 1. The van der Waals surface area contributed by atoms with Crippen LogP contribution in [0.5, 0.6) is 5.75 Å². The number of para-hydroxylation sites is 2. The van der Waals surface area contributed by atoms with E-state index in [0.717, 1.165) is 23.4 Å². The Bertz CT molecular complexity index is 894. The van der Waals surface area contributed by atoms with Crippen LogP contribution in [-0.4, -0.2) is 35.5 Å². The first-order valence-electron chi connectivity index (χ1n) is 8.71. The minimum absolute atomic E-state index is 0.112. The molecular weight excluding hydrogens is 351 g/mol. The molecule has 4 nitrogen and oxygen atoms in total. The van der Waals surface area contributed by atoms with Gasteiger partial charge in [0.25, 0.3) is 5.91 Å². The summed E-state index contributed by atoms with van der Waals surface area (Å²) in [6.07, 6.45) is 1.96. The zero-order chi connectivity index (χ0) is 17.9. The van der Waals surface area contributed by atoms with Gasteiger partial charge in [0, 0.05) is 19.0 Å². The smallest absolute Gasteiger partial charge is 0.260 e. The average molecular weight is 370 g/mol. The first-order valence-corrected chi connectivity index (χ1v) is 9.53. The van der Waals surface area contributed by atoms with Crippen molar-refractivity contribution in [2.45, 2.75) is 18.8 Å². The summed E-state index contributed by atoms with van der Waals surface area (Å²) >= 11 is 1.70. The topological polar surface area (TPSA) is 42.4 Å². The van der Waals surface area contributed by atoms with E-state index in [1.165, 1.54) is 16.8 Å². The number of halogens is 1. The lowest BCUT2D eigenvalue weighted by Crippen LogP contribution is -2.41. The van der Waals surface area contributed by atoms with Gasteiger partial charge >= 0.3 is 0 Å². The highest BCUT2D eigenvalue weighted by Crippen LogP contribution is 2.33. The first kappa shape index (κ1) is 17.0. The van der Waals surface area contributed by atoms with Gasteiger partial charge in [-0.05, 0) is 37.1 Å². The second-order valence-electron chi connectivity index (χ2n) is 6.42. The Morgan fingerprint density at radius 1 is 1.23 bits per heavy atom. The van der Waals surface area contributed by atoms with Crippen LogP contribution < -0.4 is 4.74 Å². The number of likely N-dealkylation sites (tertiary alicyclic amines) is 1. The van der Waals surface area contributed by atoms with Crippen LogP contribution in [0.15, 0.2) is 48.5 Å². The van der Waals surface area contributed by atoms with Crippen molar-refractivity contribution >= 4 is 27.5 Å². The van der Waals surface area contributed by atoms with E-state index in [0.29, 0.717) is 13.1 Å². The van der Waals surface area contributed by atoms with Gasteiger partial charge in [0.1, 0.15) is 0 Å². The van der Waals surface area contributed by atoms with Crippen LogP contribution in [0.2, 0.25) is 0 Å². The first-order chi connectivity index (χ1) is 12.7. The summed E-state index contributed by atoms with van der Waals surface area (Å²) in [7, 11) is 0. The maximum Gasteiger partial charge on any atom is 0.260 e. The van der Waals surface area contributed by atoms with Crippen molar-refractivity contribution in [1.29, 1.82) is 0 Å². The second kappa shape index (κ2) is 7.41. The number of fused-ring (bicyclic) bond motifs is 1. The van der Waals surface area contributed by atoms with Gasteiger partial charge in [-0.15, -0.1) is 11.3 Å². The number of piperidine rings is 1. The molecule has 0 spiro atoms. The molecule has 3 aromatic rings. The molecule has 0 radical (unpaired) electrons. The molecule has 1 aliphatic rings. The number of hydrogen-bond donors (Lipinski definition) is 0. The number of rotatable bonds is 4. The molecule has 2 heterocycles. The number of amides is 1. The van der Waals surface area contributed by atoms with Crippen molar-refractivity contribution in [3.8, 4) is 5.75 Å². The molecule has 1 amide bonds. The molecule has 26 heavy (non-hydrogen) atoms. The number of thiazole rings is 1. The third-order valence-corrected chi connectivity index (χ3v) is 5.82. The van der Waals surface area contributed by atoms with Crippen LogP contribution >= 0.6 is 11.3 Å². The molecule has 4 rings (SSSR count). The average Bonchev–Trinajstić information content (AvgIpc) is 3.11. The van der Waals surface area contributed by atoms with Crippen molar-refractivity contribution in [2.75, 3.05) is 19.7 Å². The van der Waals surface area contributed by atoms with Gasteiger partial charge in [-0.2, -0.15) is 0 Å². The normalized spacial score (nSPS) is 17.4. The van der Waals surface area contributed by atoms with Gasteiger partial charge in [-0.3, -0.25) is 4.79 Å². The molecule has 1 saturated heterocycles. The van der Waals surface area contributed by atoms with E-state index >= 15 is 0 Å². The Morgan fingerprint density at radius 3 is 2.88 bits per heavy atom. The Labute approximate surface area is 155 Å². The van der Waals surface area contributed by atoms with Crippen molar-refractivity contribution in [1.82, 2.24) is 9.88 Å². The number of nitrogens with zero attached hydrogens (tertiary/aromatic N) is 2. The van der Waals surface area contributed by atoms with Crippen molar-refractivity contribution in [3.63, 3.8) is 0 Å². The maximum atomic E-state index is 13.6. The Hall–Kier alpha value is -2.47. The third kappa shape index (κ3) is 3.55. The van der Waals surface area contributed by atoms with E-state index in [4.69, 9.17) is 9.72 Å². The highest BCUT2D eigenvalue weighted by atomic mass is 32.1. The van der Waals surface area contributed by atoms with Gasteiger partial charge in [0.05, 0.1) is 15.2 Å². The van der Waals surface area contributed by atoms with E-state index in [1.807, 2.05) is 18.2 Å². The number of aromatic nitrogens is 1. The van der Waals surface area contributed by atoms with Crippen LogP contribution in [0.3, 0.4) is 0 Å². The van der Waals surface area contributed by atoms with E-state index in [1.54, 1.807) is 28.4 Å². The molecule has 0 bridgehead atoms. The lowest BCUT2D eigenvalue weighted by molar-refractivity contribution is -0.134. The molecular formula is C20H19FN2O2S. The summed E-state index contributed by atoms with van der Waals surface area (Å²) in [6.45, 7) is 1.20. The van der Waals surface area contributed by atoms with Gasteiger partial charge in [0.2, 0.25) is 0 Å². The minimum atomic E-state index is -0.453. The molecule has 0 N–H and O–H groups in total. The SMILES string of the molecule is O=C(COc1ccccc1F)N1CCCC(c2nc3ccccc3s2)C1. The molecule has 1 unspecified atom stereocenters. The van der Waals surface area contributed by atoms with Crippen molar-refractivity contribution in [3.05, 3.63) is 59.4 Å². The highest BCUT2D eigenvalue weighted by molar-refractivity contribution is 7.18. The van der Waals surface area contributed by atoms with Gasteiger partial charge in [-0.25, -0.2) is 9.37 Å². The fraction of sp³-hybridized carbons (Fsp3) is 0.300. The molecule has 1 fully saturated rings. The van der Waals surface area contributed by atoms with Gasteiger partial charge in [-0.1, -0.05) is 24.3 Å². The van der Waals surface area contributed by atoms with Crippen LogP contribution in [0.25, 0.3) is 10.2 Å². The predicted molar refractivity (Wildman–Crippen MR) is 100 cm³/mol. The van der Waals surface area contributed by atoms with Crippen LogP contribution in [0.1, 0.15) is 23.8 Å². The highest BCUT2D eigenvalue weighted by Gasteiger charge is 2.27. The molecule has 1 atom stereocenters. The lowest BCUT2D eigenvalue weighted by atomic mass is 9.99. The minimum Gasteiger partial charge on any atom is -0.481 e. The monoisotopic (exact) mass is 370 g/mol. The van der Waals surface area contributed by atoms with Crippen molar-refractivity contribution < 1.29 is 13.9 Å². The van der Waals surface area contributed by atoms with E-state index in [9.17, 15) is 9.18 Å². The number of ether oxygens (including phenoxy) is 1. The molecule has 6 heteroatoms. The molecule has 1 aliphatic heterocycles. The molecule has 0 saturated carbocycles. The summed E-state index contributed by atoms with van der Waals surface area (Å²) in [6, 6.07) is 14.2. The Kier molecular flexibility index (Phi) is 4.84. The third-order valence-electron chi connectivity index (χ3n) is 4.62. The van der Waals surface area contributed by atoms with E-state index in [-0.39, 0.29) is 24.2 Å². The summed E-state index contributed by atoms with van der Waals surface area (Å²) in [5.74, 6) is -0.204. The molecule has 1 aromatic heterocycles. The fourth-order valence-electron chi connectivity index (χ4n) is 3.26. The fourth-order valence-corrected chi connectivity index (χ4v) is 4.36. The van der Waals surface area contributed by atoms with Crippen LogP contribution in [-0.2, 0) is 4.79 Å². The Balaban J connectivity index is 1.41. The van der Waals surface area contributed by atoms with E-state index < -0.39 is 5.82 Å². The maximum absolute atomic E-state index is 13.6. The summed E-state index contributed by atoms with van der Waals surface area (Å²) < 4.78 is 20.1. The lowest BCUT2D eigenvalue weighted by Gasteiger charge is -2.31. The molecule has 2 aromatic carbocycles. The summed E-state index contributed by atoms with van der Waals surface area (Å²) in [5.41, 5.74) is 1.01. The van der Waals surface area contributed by atoms with E-state index in [2.05, 4.69) is 6.07 Å². The van der Waals surface area contributed by atoms with Crippen LogP contribution in [0.4, 0.5) is 4.39 Å². The van der Waals surface area contributed by atoms with Crippen LogP contribution in [0, 0.1) is 5.82 Å². The molecule has 134 valence electrons. The zero-order valence-corrected chi connectivity index (χ0v) is 15.0. The predicted octanol–water partition coefficient (Wildman–Crippen LogP) is 4.22. The zero-order valence-electron chi connectivity index (χ0n) is 14.2. The number of benzene rings is 2. The summed E-state index contributed by atoms with van der Waals surface area (Å²) in [5, 5.41) is 1.08. The quantitative estimate of drug-likeness (QED) is 0.691. The number of hydrogen-bond acceptors (Lipinski definition) is 4. The van der Waals surface area contributed by atoms with Gasteiger partial charge < -0.3 is 9.64 Å². The largest absolute Gasteiger partial charge is 0.481 e. The second-order valence-corrected chi connectivity index (χ2v) is 7.48. The standard InChI is InChI=1S/C20H19FN2O2S/c21-15-7-1-3-9-17(15)25-13-19(24)23-11-5-6-14(12-23)20-22-16-8-2-4-10-18(16)26-20/h1-4,7-10,14H,5-6,11-13H2. The Morgan fingerprint density at radius 2 is 2.04 bits per heavy atom. The van der Waals surface area contributed by atoms with Gasteiger partial charge in [0.15, 0.2) is 18.2 Å². The molecule has 0 aliphatic carbocycles. The van der Waals surface area contributed by atoms with Crippen molar-refractivity contribution in [2.24, 2.45) is 0 Å².